The van der Waals surface area contributed by atoms with E-state index in [0.29, 0.717) is 59.9 Å². The molecule has 2 aliphatic carbocycles. The topological polar surface area (TPSA) is 154 Å². The van der Waals surface area contributed by atoms with Crippen molar-refractivity contribution >= 4 is 35.0 Å². The summed E-state index contributed by atoms with van der Waals surface area (Å²) in [6.45, 7) is 3.83. The number of nitrogens with one attached hydrogen (secondary N) is 4. The second-order valence-corrected chi connectivity index (χ2v) is 16.3. The second kappa shape index (κ2) is 18.1. The Morgan fingerprint density at radius 1 is 0.847 bits per heavy atom. The number of anilines is 3. The highest BCUT2D eigenvalue weighted by molar-refractivity contribution is 6.01. The number of pyridine rings is 1. The number of hydrogen-bond acceptors (Lipinski definition) is 10. The van der Waals surface area contributed by atoms with E-state index in [1.807, 2.05) is 0 Å². The summed E-state index contributed by atoms with van der Waals surface area (Å²) in [7, 11) is 0. The molecule has 0 spiro atoms. The smallest absolute Gasteiger partial charge is 0.255 e. The number of rotatable bonds is 11. The van der Waals surface area contributed by atoms with Crippen LogP contribution in [0.25, 0.3) is 16.9 Å². The van der Waals surface area contributed by atoms with E-state index in [9.17, 15) is 19.2 Å². The summed E-state index contributed by atoms with van der Waals surface area (Å²) < 4.78 is 31.8. The number of piperidine rings is 1. The SMILES string of the molecule is O=C1CCC(Nc2ccc(N3CCN(C4CCC(CNC(=O)[C@H]5CCC[C@@H](Nc6ncc(F)c(-c7cccc(-n8ccccc8=O)c7)n6)C5)CC4)CC3)c(F)c2)C(=O)N1. The third-order valence-electron chi connectivity index (χ3n) is 12.4. The zero-order valence-corrected chi connectivity index (χ0v) is 33.0. The Labute approximate surface area is 342 Å². The fourth-order valence-corrected chi connectivity index (χ4v) is 9.14. The number of aromatic nitrogens is 3. The van der Waals surface area contributed by atoms with Gasteiger partial charge < -0.3 is 20.9 Å². The zero-order chi connectivity index (χ0) is 40.9. The summed E-state index contributed by atoms with van der Waals surface area (Å²) in [4.78, 5) is 62.7. The highest BCUT2D eigenvalue weighted by Crippen LogP contribution is 2.32. The predicted molar refractivity (Wildman–Crippen MR) is 221 cm³/mol. The minimum absolute atomic E-state index is 0.0270. The normalized spacial score (nSPS) is 24.0. The van der Waals surface area contributed by atoms with Crippen LogP contribution in [0, 0.1) is 23.5 Å². The Morgan fingerprint density at radius 2 is 1.68 bits per heavy atom. The summed E-state index contributed by atoms with van der Waals surface area (Å²) in [5.74, 6) is -0.888. The van der Waals surface area contributed by atoms with Crippen LogP contribution in [0.5, 0.6) is 0 Å². The Morgan fingerprint density at radius 3 is 2.46 bits per heavy atom. The molecule has 4 aliphatic rings. The molecular weight excluding hydrogens is 757 g/mol. The molecule has 3 amide bonds. The van der Waals surface area contributed by atoms with Gasteiger partial charge in [0.15, 0.2) is 5.82 Å². The number of amides is 3. The number of halogens is 2. The van der Waals surface area contributed by atoms with Gasteiger partial charge >= 0.3 is 0 Å². The highest BCUT2D eigenvalue weighted by Gasteiger charge is 2.32. The van der Waals surface area contributed by atoms with Gasteiger partial charge in [-0.3, -0.25) is 34.0 Å². The van der Waals surface area contributed by atoms with Crippen molar-refractivity contribution in [2.75, 3.05) is 48.3 Å². The van der Waals surface area contributed by atoms with E-state index < -0.39 is 11.9 Å². The maximum Gasteiger partial charge on any atom is 0.255 e. The lowest BCUT2D eigenvalue weighted by molar-refractivity contribution is -0.133. The maximum absolute atomic E-state index is 15.2. The summed E-state index contributed by atoms with van der Waals surface area (Å²) in [5, 5.41) is 12.0. The van der Waals surface area contributed by atoms with Gasteiger partial charge in [-0.2, -0.15) is 0 Å². The van der Waals surface area contributed by atoms with Gasteiger partial charge in [-0.15, -0.1) is 0 Å². The molecule has 15 heteroatoms. The Balaban J connectivity index is 0.768. The molecule has 8 rings (SSSR count). The molecule has 2 aromatic carbocycles. The molecule has 2 aliphatic heterocycles. The molecule has 2 saturated carbocycles. The number of piperazine rings is 1. The number of carbonyl (C=O) groups excluding carboxylic acids is 3. The fourth-order valence-electron chi connectivity index (χ4n) is 9.14. The molecule has 4 heterocycles. The quantitative estimate of drug-likeness (QED) is 0.148. The summed E-state index contributed by atoms with van der Waals surface area (Å²) in [5.41, 5.74) is 2.15. The van der Waals surface area contributed by atoms with E-state index in [1.54, 1.807) is 54.7 Å². The van der Waals surface area contributed by atoms with Crippen LogP contribution in [0.1, 0.15) is 64.2 Å². The average Bonchev–Trinajstić information content (AvgIpc) is 3.25. The van der Waals surface area contributed by atoms with Crippen LogP contribution in [-0.2, 0) is 14.4 Å². The van der Waals surface area contributed by atoms with Crippen molar-refractivity contribution in [3.8, 4) is 16.9 Å². The molecule has 0 bridgehead atoms. The van der Waals surface area contributed by atoms with Crippen LogP contribution in [0.3, 0.4) is 0 Å². The lowest BCUT2D eigenvalue weighted by Gasteiger charge is -2.42. The fraction of sp³-hybridized carbons (Fsp3) is 0.455. The van der Waals surface area contributed by atoms with Crippen molar-refractivity contribution in [2.45, 2.75) is 82.3 Å². The van der Waals surface area contributed by atoms with E-state index in [1.165, 1.54) is 16.7 Å². The molecule has 59 heavy (non-hydrogen) atoms. The zero-order valence-electron chi connectivity index (χ0n) is 33.0. The van der Waals surface area contributed by atoms with Gasteiger partial charge in [0.1, 0.15) is 17.6 Å². The van der Waals surface area contributed by atoms with Crippen molar-refractivity contribution in [1.82, 2.24) is 30.1 Å². The van der Waals surface area contributed by atoms with Crippen molar-refractivity contribution in [2.24, 2.45) is 11.8 Å². The van der Waals surface area contributed by atoms with E-state index >= 15 is 8.78 Å². The van der Waals surface area contributed by atoms with Gasteiger partial charge in [-0.25, -0.2) is 18.7 Å². The molecule has 2 saturated heterocycles. The average molecular weight is 808 g/mol. The minimum Gasteiger partial charge on any atom is -0.374 e. The molecule has 13 nitrogen and oxygen atoms in total. The van der Waals surface area contributed by atoms with Crippen molar-refractivity contribution in [1.29, 1.82) is 0 Å². The monoisotopic (exact) mass is 807 g/mol. The first-order chi connectivity index (χ1) is 28.7. The standard InChI is InChI=1S/C44H51F2N9O4/c45-35-25-32(49-37-15-17-39(56)51-43(37)59)12-16-38(35)54-21-19-53(20-22-54)33-13-10-28(11-14-33)26-47-42(58)30-6-3-7-31(23-30)50-44-48-27-36(46)41(52-44)29-5-4-8-34(24-29)55-18-2-1-9-40(55)57/h1-2,4-5,8-9,12,16,18,24-25,27-28,30-31,33,37,49H,3,6-7,10-11,13-15,17,19-23,26H2,(H,47,58)(H,48,50,52)(H,51,56,59)/t28?,30-,31+,33?,37?/m0/s1. The largest absolute Gasteiger partial charge is 0.374 e. The van der Waals surface area contributed by atoms with Crippen LogP contribution in [0.15, 0.2) is 77.9 Å². The number of benzene rings is 2. The molecule has 2 aromatic heterocycles. The summed E-state index contributed by atoms with van der Waals surface area (Å²) in [6, 6.07) is 16.8. The first-order valence-corrected chi connectivity index (χ1v) is 20.9. The molecule has 4 fully saturated rings. The first kappa shape index (κ1) is 40.1. The Bertz CT molecular complexity index is 2220. The number of carbonyl (C=O) groups is 3. The number of hydrogen-bond donors (Lipinski definition) is 4. The van der Waals surface area contributed by atoms with Gasteiger partial charge in [0, 0.05) is 86.3 Å². The van der Waals surface area contributed by atoms with Crippen LogP contribution in [-0.4, -0.2) is 88.0 Å². The van der Waals surface area contributed by atoms with E-state index in [2.05, 4.69) is 41.0 Å². The second-order valence-electron chi connectivity index (χ2n) is 16.3. The van der Waals surface area contributed by atoms with E-state index in [4.69, 9.17) is 0 Å². The van der Waals surface area contributed by atoms with Crippen LogP contribution >= 0.6 is 0 Å². The maximum atomic E-state index is 15.2. The lowest BCUT2D eigenvalue weighted by Crippen LogP contribution is -2.51. The molecule has 4 N–H and O–H groups in total. The third-order valence-corrected chi connectivity index (χ3v) is 12.4. The van der Waals surface area contributed by atoms with Gasteiger partial charge in [0.2, 0.25) is 23.7 Å². The molecule has 3 atom stereocenters. The molecule has 0 radical (unpaired) electrons. The van der Waals surface area contributed by atoms with Gasteiger partial charge in [-0.05, 0) is 93.7 Å². The number of nitrogens with zero attached hydrogens (tertiary/aromatic N) is 5. The highest BCUT2D eigenvalue weighted by atomic mass is 19.1. The number of imide groups is 1. The molecule has 1 unspecified atom stereocenters. The minimum atomic E-state index is -0.565. The summed E-state index contributed by atoms with van der Waals surface area (Å²) >= 11 is 0. The van der Waals surface area contributed by atoms with Crippen LogP contribution in [0.2, 0.25) is 0 Å². The van der Waals surface area contributed by atoms with E-state index in [-0.39, 0.29) is 53.2 Å². The van der Waals surface area contributed by atoms with E-state index in [0.717, 1.165) is 77.3 Å². The van der Waals surface area contributed by atoms with Crippen molar-refractivity contribution < 1.29 is 23.2 Å². The van der Waals surface area contributed by atoms with Crippen molar-refractivity contribution in [3.63, 3.8) is 0 Å². The first-order valence-electron chi connectivity index (χ1n) is 20.9. The Kier molecular flexibility index (Phi) is 12.3. The lowest BCUT2D eigenvalue weighted by atomic mass is 9.83. The Hall–Kier alpha value is -5.70. The predicted octanol–water partition coefficient (Wildman–Crippen LogP) is 5.26. The van der Waals surface area contributed by atoms with Gasteiger partial charge in [0.05, 0.1) is 11.9 Å². The molecule has 4 aromatic rings. The van der Waals surface area contributed by atoms with Crippen molar-refractivity contribution in [3.05, 3.63) is 95.0 Å². The third kappa shape index (κ3) is 9.62. The molecular formula is C44H51F2N9O4. The summed E-state index contributed by atoms with van der Waals surface area (Å²) in [6.07, 6.45) is 10.9. The van der Waals surface area contributed by atoms with Gasteiger partial charge in [0.25, 0.3) is 5.56 Å². The van der Waals surface area contributed by atoms with Crippen LogP contribution in [0.4, 0.5) is 26.1 Å². The van der Waals surface area contributed by atoms with Gasteiger partial charge in [-0.1, -0.05) is 24.6 Å². The molecule has 310 valence electrons. The van der Waals surface area contributed by atoms with Crippen LogP contribution < -0.4 is 31.7 Å².